The van der Waals surface area contributed by atoms with E-state index in [2.05, 4.69) is 24.0 Å². The molecule has 3 N–H and O–H groups in total. The number of phenols is 1. The van der Waals surface area contributed by atoms with Gasteiger partial charge in [-0.15, -0.1) is 0 Å². The van der Waals surface area contributed by atoms with E-state index in [0.29, 0.717) is 37.8 Å². The number of carbonyl (C=O) groups is 1. The molecular weight excluding hydrogens is 380 g/mol. The maximum atomic E-state index is 12.9. The first kappa shape index (κ1) is 17.9. The number of rotatable bonds is 4. The Balaban J connectivity index is 1.47. The second-order valence-electron chi connectivity index (χ2n) is 6.12. The normalized spacial score (nSPS) is 14.1. The van der Waals surface area contributed by atoms with Crippen LogP contribution in [0.5, 0.6) is 5.75 Å². The van der Waals surface area contributed by atoms with Gasteiger partial charge in [-0.05, 0) is 18.2 Å². The zero-order valence-corrected chi connectivity index (χ0v) is 15.6. The Hall–Kier alpha value is -3.47. The Bertz CT molecular complexity index is 972. The Morgan fingerprint density at radius 3 is 2.54 bits per heavy atom. The minimum absolute atomic E-state index is 0.0135. The van der Waals surface area contributed by atoms with Crippen LogP contribution in [0, 0.1) is 0 Å². The maximum absolute atomic E-state index is 12.9. The highest BCUT2D eigenvalue weighted by atomic mass is 32.1. The number of phenolic OH excluding ortho intramolecular Hbond substituents is 1. The number of hydrogen-bond acceptors (Lipinski definition) is 9. The third kappa shape index (κ3) is 3.51. The second kappa shape index (κ2) is 7.64. The summed E-state index contributed by atoms with van der Waals surface area (Å²) in [7, 11) is 0. The van der Waals surface area contributed by atoms with Crippen LogP contribution >= 0.6 is 11.7 Å². The van der Waals surface area contributed by atoms with Gasteiger partial charge in [0.2, 0.25) is 11.8 Å². The first-order valence-corrected chi connectivity index (χ1v) is 9.31. The number of carbonyl (C=O) groups excluding carboxylic acids is 1. The number of aromatic hydroxyl groups is 1. The van der Waals surface area contributed by atoms with Crippen LogP contribution in [0.25, 0.3) is 0 Å². The van der Waals surface area contributed by atoms with Crippen molar-refractivity contribution in [3.05, 3.63) is 42.2 Å². The molecular formula is C17H17N8O2S. The van der Waals surface area contributed by atoms with Crippen molar-refractivity contribution in [1.29, 1.82) is 0 Å². The molecule has 1 fully saturated rings. The molecule has 11 heteroatoms. The molecule has 0 atom stereocenters. The van der Waals surface area contributed by atoms with Gasteiger partial charge < -0.3 is 20.2 Å². The van der Waals surface area contributed by atoms with Gasteiger partial charge in [-0.3, -0.25) is 10.5 Å². The Labute approximate surface area is 165 Å². The Morgan fingerprint density at radius 2 is 1.86 bits per heavy atom. The van der Waals surface area contributed by atoms with E-state index >= 15 is 0 Å². The standard InChI is InChI=1S/C17H17N8O2S/c18-14-15(23-28-22-14)21-12-4-1-3-11(13(12)26)16(27)24-7-9-25(10-8-24)17-19-5-2-6-20-17/h1-6,18,26H,7-10H2,(H,21,23). The molecule has 0 saturated carbocycles. The topological polar surface area (TPSA) is 131 Å². The van der Waals surface area contributed by atoms with Crippen LogP contribution in [0.4, 0.5) is 23.3 Å². The van der Waals surface area contributed by atoms with E-state index in [0.717, 1.165) is 11.7 Å². The minimum atomic E-state index is -0.253. The number of anilines is 3. The van der Waals surface area contributed by atoms with Crippen LogP contribution < -0.4 is 16.0 Å². The summed E-state index contributed by atoms with van der Waals surface area (Å²) in [5.74, 6) is 0.444. The third-order valence-electron chi connectivity index (χ3n) is 4.41. The van der Waals surface area contributed by atoms with Crippen LogP contribution in [-0.2, 0) is 0 Å². The van der Waals surface area contributed by atoms with Crippen molar-refractivity contribution in [1.82, 2.24) is 29.3 Å². The molecule has 3 heterocycles. The van der Waals surface area contributed by atoms with Crippen LogP contribution in [0.2, 0.25) is 0 Å². The van der Waals surface area contributed by atoms with Crippen molar-refractivity contribution in [2.45, 2.75) is 0 Å². The highest BCUT2D eigenvalue weighted by Gasteiger charge is 2.26. The lowest BCUT2D eigenvalue weighted by Gasteiger charge is -2.34. The number of para-hydroxylation sites is 1. The molecule has 0 aliphatic carbocycles. The highest BCUT2D eigenvalue weighted by molar-refractivity contribution is 6.99. The molecule has 3 aromatic rings. The molecule has 1 amide bonds. The van der Waals surface area contributed by atoms with E-state index < -0.39 is 0 Å². The molecule has 0 spiro atoms. The number of hydrogen-bond donors (Lipinski definition) is 2. The van der Waals surface area contributed by atoms with E-state index in [9.17, 15) is 9.90 Å². The fraction of sp³-hybridized carbons (Fsp3) is 0.235. The molecule has 4 rings (SSSR count). The van der Waals surface area contributed by atoms with Gasteiger partial charge in [-0.1, -0.05) is 6.07 Å². The van der Waals surface area contributed by atoms with Crippen molar-refractivity contribution in [2.24, 2.45) is 0 Å². The molecule has 0 unspecified atom stereocenters. The number of amides is 1. The monoisotopic (exact) mass is 397 g/mol. The summed E-state index contributed by atoms with van der Waals surface area (Å²) in [4.78, 5) is 25.1. The Morgan fingerprint density at radius 1 is 1.11 bits per heavy atom. The fourth-order valence-electron chi connectivity index (χ4n) is 2.95. The van der Waals surface area contributed by atoms with E-state index in [1.807, 2.05) is 4.90 Å². The predicted molar refractivity (Wildman–Crippen MR) is 104 cm³/mol. The zero-order chi connectivity index (χ0) is 19.5. The van der Waals surface area contributed by atoms with Gasteiger partial charge in [0, 0.05) is 38.6 Å². The molecule has 10 nitrogen and oxygen atoms in total. The molecule has 0 bridgehead atoms. The third-order valence-corrected chi connectivity index (χ3v) is 4.94. The van der Waals surface area contributed by atoms with Gasteiger partial charge in [0.05, 0.1) is 23.0 Å². The average molecular weight is 397 g/mol. The van der Waals surface area contributed by atoms with Gasteiger partial charge in [0.25, 0.3) is 5.91 Å². The SMILES string of the molecule is [NH]c1nsnc1Nc1cccc(C(=O)N2CCN(c3ncccn3)CC2)c1O. The van der Waals surface area contributed by atoms with Crippen molar-refractivity contribution in [2.75, 3.05) is 36.4 Å². The number of nitrogens with zero attached hydrogens (tertiary/aromatic N) is 6. The summed E-state index contributed by atoms with van der Waals surface area (Å²) < 4.78 is 7.73. The smallest absolute Gasteiger partial charge is 0.257 e. The number of benzene rings is 1. The van der Waals surface area contributed by atoms with E-state index in [-0.39, 0.29) is 28.9 Å². The lowest BCUT2D eigenvalue weighted by Crippen LogP contribution is -2.49. The number of piperazine rings is 1. The second-order valence-corrected chi connectivity index (χ2v) is 6.64. The predicted octanol–water partition coefficient (Wildman–Crippen LogP) is 1.65. The Kier molecular flexibility index (Phi) is 4.89. The summed E-state index contributed by atoms with van der Waals surface area (Å²) in [6, 6.07) is 6.64. The summed E-state index contributed by atoms with van der Waals surface area (Å²) in [6.07, 6.45) is 3.38. The zero-order valence-electron chi connectivity index (χ0n) is 14.7. The molecule has 28 heavy (non-hydrogen) atoms. The van der Waals surface area contributed by atoms with Gasteiger partial charge in [-0.2, -0.15) is 8.75 Å². The van der Waals surface area contributed by atoms with Crippen molar-refractivity contribution in [3.63, 3.8) is 0 Å². The van der Waals surface area contributed by atoms with E-state index in [1.54, 1.807) is 41.6 Å². The largest absolute Gasteiger partial charge is 0.505 e. The lowest BCUT2D eigenvalue weighted by atomic mass is 10.1. The molecule has 1 saturated heterocycles. The fourth-order valence-corrected chi connectivity index (χ4v) is 3.37. The first-order valence-electron chi connectivity index (χ1n) is 8.58. The molecule has 143 valence electrons. The lowest BCUT2D eigenvalue weighted by molar-refractivity contribution is 0.0743. The first-order chi connectivity index (χ1) is 13.6. The van der Waals surface area contributed by atoms with E-state index in [4.69, 9.17) is 5.73 Å². The molecule has 1 aliphatic rings. The maximum Gasteiger partial charge on any atom is 0.257 e. The number of nitrogens with one attached hydrogen (secondary N) is 2. The van der Waals surface area contributed by atoms with Crippen molar-refractivity contribution < 1.29 is 9.90 Å². The summed E-state index contributed by atoms with van der Waals surface area (Å²) in [5.41, 5.74) is 8.17. The van der Waals surface area contributed by atoms with Crippen LogP contribution in [-0.4, -0.2) is 60.8 Å². The quantitative estimate of drug-likeness (QED) is 0.635. The molecule has 1 aliphatic heterocycles. The summed E-state index contributed by atoms with van der Waals surface area (Å²) >= 11 is 0.901. The average Bonchev–Trinajstić information content (AvgIpc) is 3.14. The molecule has 1 aromatic carbocycles. The highest BCUT2D eigenvalue weighted by Crippen LogP contribution is 2.32. The van der Waals surface area contributed by atoms with Crippen molar-refractivity contribution in [3.8, 4) is 5.75 Å². The van der Waals surface area contributed by atoms with Crippen molar-refractivity contribution >= 4 is 40.9 Å². The van der Waals surface area contributed by atoms with Gasteiger partial charge in [0.1, 0.15) is 0 Å². The van der Waals surface area contributed by atoms with Crippen LogP contribution in [0.15, 0.2) is 36.7 Å². The van der Waals surface area contributed by atoms with Gasteiger partial charge in [0.15, 0.2) is 11.6 Å². The molecule has 1 radical (unpaired) electrons. The summed E-state index contributed by atoms with van der Waals surface area (Å²) in [6.45, 7) is 2.23. The summed E-state index contributed by atoms with van der Waals surface area (Å²) in [5, 5.41) is 13.4. The van der Waals surface area contributed by atoms with Crippen LogP contribution in [0.1, 0.15) is 10.4 Å². The van der Waals surface area contributed by atoms with Crippen LogP contribution in [0.3, 0.4) is 0 Å². The van der Waals surface area contributed by atoms with E-state index in [1.165, 1.54) is 0 Å². The minimum Gasteiger partial charge on any atom is -0.505 e. The van der Waals surface area contributed by atoms with Gasteiger partial charge >= 0.3 is 0 Å². The molecule has 2 aromatic heterocycles. The number of aromatic nitrogens is 4. The van der Waals surface area contributed by atoms with Gasteiger partial charge in [-0.25, -0.2) is 9.97 Å².